The molecule has 1 aromatic heterocycles. The minimum absolute atomic E-state index is 0.659. The standard InChI is InChI=1S/C9H10BN.C2H6/c1-6-4-8(7-2-3-7)11-9(10)5-6;1-2/h4-5,7H,2-3H2,1H3;1-2H3. The summed E-state index contributed by atoms with van der Waals surface area (Å²) in [5, 5.41) is 0. The maximum Gasteiger partial charge on any atom is 0.141 e. The van der Waals surface area contributed by atoms with Crippen LogP contribution in [0.25, 0.3) is 0 Å². The van der Waals surface area contributed by atoms with E-state index in [4.69, 9.17) is 7.85 Å². The molecule has 1 nitrogen and oxygen atoms in total. The van der Waals surface area contributed by atoms with Crippen LogP contribution < -0.4 is 5.59 Å². The van der Waals surface area contributed by atoms with Gasteiger partial charge in [0.1, 0.15) is 7.85 Å². The average molecular weight is 173 g/mol. The van der Waals surface area contributed by atoms with Crippen LogP contribution in [0, 0.1) is 6.92 Å². The molecule has 0 atom stereocenters. The van der Waals surface area contributed by atoms with E-state index >= 15 is 0 Å². The summed E-state index contributed by atoms with van der Waals surface area (Å²) >= 11 is 0. The molecule has 1 aromatic rings. The van der Waals surface area contributed by atoms with E-state index in [2.05, 4.69) is 18.0 Å². The maximum absolute atomic E-state index is 5.61. The van der Waals surface area contributed by atoms with Gasteiger partial charge in [0.25, 0.3) is 0 Å². The number of hydrogen-bond donors (Lipinski definition) is 0. The zero-order valence-electron chi connectivity index (χ0n) is 8.67. The highest BCUT2D eigenvalue weighted by atomic mass is 14.7. The van der Waals surface area contributed by atoms with E-state index in [0.717, 1.165) is 0 Å². The monoisotopic (exact) mass is 173 g/mol. The first-order valence-electron chi connectivity index (χ1n) is 5.00. The molecule has 68 valence electrons. The predicted octanol–water partition coefficient (Wildman–Crippen LogP) is 2.09. The smallest absolute Gasteiger partial charge is 0.141 e. The minimum atomic E-state index is 0.659. The fraction of sp³-hybridized carbons (Fsp3) is 0.545. The van der Waals surface area contributed by atoms with E-state index in [1.165, 1.54) is 24.1 Å². The van der Waals surface area contributed by atoms with Crippen molar-refractivity contribution in [2.24, 2.45) is 0 Å². The lowest BCUT2D eigenvalue weighted by Crippen LogP contribution is -2.10. The van der Waals surface area contributed by atoms with Crippen LogP contribution in [0.3, 0.4) is 0 Å². The molecule has 0 bridgehead atoms. The van der Waals surface area contributed by atoms with Gasteiger partial charge in [0.05, 0.1) is 0 Å². The summed E-state index contributed by atoms with van der Waals surface area (Å²) in [6.45, 7) is 6.06. The zero-order chi connectivity index (χ0) is 9.84. The van der Waals surface area contributed by atoms with Crippen LogP contribution in [-0.2, 0) is 0 Å². The molecular formula is C11H16BN. The van der Waals surface area contributed by atoms with Crippen LogP contribution in [0.5, 0.6) is 0 Å². The van der Waals surface area contributed by atoms with Crippen LogP contribution in [-0.4, -0.2) is 12.8 Å². The Morgan fingerprint density at radius 1 is 1.31 bits per heavy atom. The van der Waals surface area contributed by atoms with Gasteiger partial charge in [0.2, 0.25) is 0 Å². The number of pyridine rings is 1. The van der Waals surface area contributed by atoms with Gasteiger partial charge in [-0.15, -0.1) is 0 Å². The Balaban J connectivity index is 0.000000396. The summed E-state index contributed by atoms with van der Waals surface area (Å²) < 4.78 is 0. The van der Waals surface area contributed by atoms with Gasteiger partial charge in [0.15, 0.2) is 0 Å². The van der Waals surface area contributed by atoms with Crippen molar-refractivity contribution in [3.05, 3.63) is 23.4 Å². The van der Waals surface area contributed by atoms with Crippen molar-refractivity contribution in [2.75, 3.05) is 0 Å². The van der Waals surface area contributed by atoms with E-state index in [-0.39, 0.29) is 0 Å². The lowest BCUT2D eigenvalue weighted by atomic mass is 10.0. The molecule has 1 aliphatic rings. The van der Waals surface area contributed by atoms with Crippen LogP contribution >= 0.6 is 0 Å². The second-order valence-corrected chi connectivity index (χ2v) is 3.27. The lowest BCUT2D eigenvalue weighted by molar-refractivity contribution is 1.03. The Hall–Kier alpha value is -0.785. The van der Waals surface area contributed by atoms with Crippen molar-refractivity contribution < 1.29 is 0 Å². The van der Waals surface area contributed by atoms with Crippen molar-refractivity contribution in [2.45, 2.75) is 39.5 Å². The van der Waals surface area contributed by atoms with Gasteiger partial charge >= 0.3 is 0 Å². The van der Waals surface area contributed by atoms with E-state index in [1.807, 2.05) is 19.9 Å². The normalized spacial score (nSPS) is 14.7. The SMILES string of the molecule is CC.[B]c1cc(C)cc(C2CC2)n1. The van der Waals surface area contributed by atoms with E-state index < -0.39 is 0 Å². The van der Waals surface area contributed by atoms with Crippen molar-refractivity contribution >= 4 is 13.4 Å². The van der Waals surface area contributed by atoms with Crippen molar-refractivity contribution in [3.63, 3.8) is 0 Å². The van der Waals surface area contributed by atoms with E-state index in [1.54, 1.807) is 0 Å². The third-order valence-corrected chi connectivity index (χ3v) is 2.00. The predicted molar refractivity (Wildman–Crippen MR) is 57.7 cm³/mol. The topological polar surface area (TPSA) is 12.9 Å². The molecule has 0 aliphatic heterocycles. The summed E-state index contributed by atoms with van der Waals surface area (Å²) in [5.74, 6) is 0.706. The molecule has 2 heteroatoms. The molecule has 0 saturated heterocycles. The minimum Gasteiger partial charge on any atom is -0.269 e. The largest absolute Gasteiger partial charge is 0.269 e. The van der Waals surface area contributed by atoms with Gasteiger partial charge in [-0.2, -0.15) is 0 Å². The van der Waals surface area contributed by atoms with Crippen molar-refractivity contribution in [3.8, 4) is 0 Å². The summed E-state index contributed by atoms with van der Waals surface area (Å²) in [7, 11) is 5.61. The van der Waals surface area contributed by atoms with Gasteiger partial charge < -0.3 is 0 Å². The fourth-order valence-electron chi connectivity index (χ4n) is 1.31. The molecule has 1 heterocycles. The number of nitrogens with zero attached hydrogens (tertiary/aromatic N) is 1. The number of aryl methyl sites for hydroxylation is 1. The van der Waals surface area contributed by atoms with Gasteiger partial charge in [-0.3, -0.25) is 4.98 Å². The van der Waals surface area contributed by atoms with Gasteiger partial charge in [-0.1, -0.05) is 13.8 Å². The number of hydrogen-bond acceptors (Lipinski definition) is 1. The first-order valence-corrected chi connectivity index (χ1v) is 5.00. The highest BCUT2D eigenvalue weighted by Crippen LogP contribution is 2.38. The first-order chi connectivity index (χ1) is 6.25. The molecule has 1 aliphatic carbocycles. The molecule has 2 radical (unpaired) electrons. The van der Waals surface area contributed by atoms with Crippen LogP contribution in [0.4, 0.5) is 0 Å². The molecule has 2 rings (SSSR count). The molecule has 0 amide bonds. The van der Waals surface area contributed by atoms with Crippen LogP contribution in [0.15, 0.2) is 12.1 Å². The zero-order valence-corrected chi connectivity index (χ0v) is 8.67. The summed E-state index contributed by atoms with van der Waals surface area (Å²) in [6, 6.07) is 4.04. The van der Waals surface area contributed by atoms with Gasteiger partial charge in [-0.05, 0) is 43.1 Å². The van der Waals surface area contributed by atoms with Crippen LogP contribution in [0.1, 0.15) is 43.9 Å². The van der Waals surface area contributed by atoms with Crippen molar-refractivity contribution in [1.29, 1.82) is 0 Å². The quantitative estimate of drug-likeness (QED) is 0.592. The summed E-state index contributed by atoms with van der Waals surface area (Å²) in [6.07, 6.45) is 2.58. The third-order valence-electron chi connectivity index (χ3n) is 2.00. The second kappa shape index (κ2) is 4.45. The maximum atomic E-state index is 5.61. The molecule has 1 fully saturated rings. The Labute approximate surface area is 82.0 Å². The Morgan fingerprint density at radius 3 is 2.38 bits per heavy atom. The number of rotatable bonds is 1. The Morgan fingerprint density at radius 2 is 1.92 bits per heavy atom. The Bertz CT molecular complexity index is 259. The summed E-state index contributed by atoms with van der Waals surface area (Å²) in [5.41, 5.74) is 3.06. The van der Waals surface area contributed by atoms with Crippen LogP contribution in [0.2, 0.25) is 0 Å². The lowest BCUT2D eigenvalue weighted by Gasteiger charge is -2.01. The Kier molecular flexibility index (Phi) is 3.53. The molecular weight excluding hydrogens is 157 g/mol. The van der Waals surface area contributed by atoms with Crippen molar-refractivity contribution in [1.82, 2.24) is 4.98 Å². The van der Waals surface area contributed by atoms with E-state index in [9.17, 15) is 0 Å². The summed E-state index contributed by atoms with van der Waals surface area (Å²) in [4.78, 5) is 4.27. The molecule has 1 saturated carbocycles. The van der Waals surface area contributed by atoms with Gasteiger partial charge in [-0.25, -0.2) is 0 Å². The molecule has 13 heavy (non-hydrogen) atoms. The molecule has 0 aromatic carbocycles. The third kappa shape index (κ3) is 2.87. The fourth-order valence-corrected chi connectivity index (χ4v) is 1.31. The molecule has 0 N–H and O–H groups in total. The highest BCUT2D eigenvalue weighted by Gasteiger charge is 2.24. The molecule has 0 unspecified atom stereocenters. The first kappa shape index (κ1) is 10.3. The van der Waals surface area contributed by atoms with E-state index in [0.29, 0.717) is 11.5 Å². The average Bonchev–Trinajstić information content (AvgIpc) is 2.88. The second-order valence-electron chi connectivity index (χ2n) is 3.27. The van der Waals surface area contributed by atoms with Gasteiger partial charge in [0, 0.05) is 11.6 Å². The number of aromatic nitrogens is 1. The highest BCUT2D eigenvalue weighted by molar-refractivity contribution is 6.30. The molecule has 0 spiro atoms.